The van der Waals surface area contributed by atoms with E-state index >= 15 is 0 Å². The van der Waals surface area contributed by atoms with Crippen molar-refractivity contribution < 1.29 is 32.3 Å². The molecule has 2 unspecified atom stereocenters. The fraction of sp³-hybridized carbons (Fsp3) is 0.500. The molecule has 2 heterocycles. The minimum atomic E-state index is -1.15. The van der Waals surface area contributed by atoms with Gasteiger partial charge in [0.15, 0.2) is 17.4 Å². The molecular weight excluding hydrogens is 523 g/mol. The van der Waals surface area contributed by atoms with E-state index in [4.69, 9.17) is 10.5 Å². The van der Waals surface area contributed by atoms with Gasteiger partial charge in [0.2, 0.25) is 11.8 Å². The van der Waals surface area contributed by atoms with Crippen molar-refractivity contribution in [1.82, 2.24) is 9.80 Å². The van der Waals surface area contributed by atoms with Crippen molar-refractivity contribution in [2.24, 2.45) is 17.1 Å². The topological polar surface area (TPSA) is 92.9 Å². The van der Waals surface area contributed by atoms with E-state index in [1.807, 2.05) is 0 Å². The second kappa shape index (κ2) is 11.7. The van der Waals surface area contributed by atoms with Gasteiger partial charge in [0, 0.05) is 39.0 Å². The second-order valence-corrected chi connectivity index (χ2v) is 11.6. The van der Waals surface area contributed by atoms with Gasteiger partial charge in [0.05, 0.1) is 30.1 Å². The first-order valence-electron chi connectivity index (χ1n) is 13.5. The van der Waals surface area contributed by atoms with Gasteiger partial charge in [-0.25, -0.2) is 13.2 Å². The summed E-state index contributed by atoms with van der Waals surface area (Å²) >= 11 is 0. The highest BCUT2D eigenvalue weighted by Crippen LogP contribution is 2.49. The molecule has 10 heteroatoms. The monoisotopic (exact) mass is 559 g/mol. The van der Waals surface area contributed by atoms with Gasteiger partial charge in [-0.3, -0.25) is 14.4 Å². The van der Waals surface area contributed by atoms with E-state index < -0.39 is 34.4 Å². The van der Waals surface area contributed by atoms with Crippen LogP contribution in [0.5, 0.6) is 0 Å². The van der Waals surface area contributed by atoms with Gasteiger partial charge in [-0.1, -0.05) is 18.2 Å². The summed E-state index contributed by atoms with van der Waals surface area (Å²) in [6.07, 6.45) is 0.880. The third-order valence-electron chi connectivity index (χ3n) is 8.08. The van der Waals surface area contributed by atoms with Crippen LogP contribution in [0.4, 0.5) is 13.2 Å². The van der Waals surface area contributed by atoms with Gasteiger partial charge in [0.1, 0.15) is 5.82 Å². The smallest absolute Gasteiger partial charge is 0.231 e. The van der Waals surface area contributed by atoms with Crippen LogP contribution in [-0.4, -0.2) is 66.2 Å². The molecule has 0 aromatic heterocycles. The number of carbonyl (C=O) groups is 3. The number of hydrogen-bond acceptors (Lipinski definition) is 5. The Morgan fingerprint density at radius 1 is 1.12 bits per heavy atom. The number of hydrogen-bond donors (Lipinski definition) is 1. The van der Waals surface area contributed by atoms with Gasteiger partial charge in [0.25, 0.3) is 0 Å². The molecule has 40 heavy (non-hydrogen) atoms. The van der Waals surface area contributed by atoms with Crippen LogP contribution in [0.15, 0.2) is 42.5 Å². The molecule has 1 spiro atoms. The Hall–Kier alpha value is -3.24. The lowest BCUT2D eigenvalue weighted by molar-refractivity contribution is -0.148. The van der Waals surface area contributed by atoms with Crippen LogP contribution in [-0.2, 0) is 25.7 Å². The van der Waals surface area contributed by atoms with Crippen LogP contribution in [0.1, 0.15) is 50.2 Å². The maximum atomic E-state index is 14.2. The lowest BCUT2D eigenvalue weighted by atomic mass is 9.68. The quantitative estimate of drug-likeness (QED) is 0.505. The van der Waals surface area contributed by atoms with Gasteiger partial charge < -0.3 is 20.3 Å². The summed E-state index contributed by atoms with van der Waals surface area (Å²) in [6, 6.07) is 9.46. The largest absolute Gasteiger partial charge is 0.376 e. The molecule has 0 saturated carbocycles. The molecule has 2 aliphatic heterocycles. The van der Waals surface area contributed by atoms with E-state index in [2.05, 4.69) is 0 Å². The number of nitrogens with two attached hydrogens (primary N) is 1. The Labute approximate surface area is 232 Å². The van der Waals surface area contributed by atoms with Crippen molar-refractivity contribution in [3.05, 3.63) is 71.0 Å². The van der Waals surface area contributed by atoms with Crippen molar-refractivity contribution in [3.63, 3.8) is 0 Å². The minimum absolute atomic E-state index is 0.0675. The van der Waals surface area contributed by atoms with Crippen LogP contribution in [0.2, 0.25) is 0 Å². The van der Waals surface area contributed by atoms with E-state index in [1.54, 1.807) is 42.8 Å². The number of piperidine rings is 1. The zero-order chi connectivity index (χ0) is 29.2. The van der Waals surface area contributed by atoms with Crippen LogP contribution in [0.25, 0.3) is 0 Å². The number of halogens is 3. The second-order valence-electron chi connectivity index (χ2n) is 11.6. The van der Waals surface area contributed by atoms with Crippen LogP contribution < -0.4 is 5.73 Å². The Morgan fingerprint density at radius 3 is 2.48 bits per heavy atom. The van der Waals surface area contributed by atoms with Gasteiger partial charge in [-0.15, -0.1) is 0 Å². The van der Waals surface area contributed by atoms with Gasteiger partial charge in [-0.2, -0.15) is 0 Å². The zero-order valence-corrected chi connectivity index (χ0v) is 23.1. The molecule has 2 aromatic rings. The predicted octanol–water partition coefficient (Wildman–Crippen LogP) is 3.80. The number of benzene rings is 2. The molecule has 2 N–H and O–H groups in total. The average molecular weight is 560 g/mol. The molecule has 2 saturated heterocycles. The molecule has 3 atom stereocenters. The summed E-state index contributed by atoms with van der Waals surface area (Å²) in [6.45, 7) is 3.99. The predicted molar refractivity (Wildman–Crippen MR) is 142 cm³/mol. The van der Waals surface area contributed by atoms with Crippen molar-refractivity contribution in [1.29, 1.82) is 0 Å². The van der Waals surface area contributed by atoms with Crippen LogP contribution in [0.3, 0.4) is 0 Å². The van der Waals surface area contributed by atoms with Gasteiger partial charge in [-0.05, 0) is 62.1 Å². The Bertz CT molecular complexity index is 1260. The summed E-state index contributed by atoms with van der Waals surface area (Å²) in [7, 11) is 1.67. The summed E-state index contributed by atoms with van der Waals surface area (Å²) in [5.41, 5.74) is 5.08. The first kappa shape index (κ1) is 29.7. The SMILES string of the molecule is CN1CC(c2ccc(F)c(F)c2)C2(CCCN(C(=O)[C@@H](COCc3ccc(F)cc3)CC(=O)C(C)(C)N)C2)C1=O. The maximum absolute atomic E-state index is 14.2. The molecule has 4 rings (SSSR count). The number of ketones is 1. The van der Waals surface area contributed by atoms with Crippen molar-refractivity contribution in [2.45, 2.75) is 51.2 Å². The fourth-order valence-corrected chi connectivity index (χ4v) is 5.81. The first-order valence-corrected chi connectivity index (χ1v) is 13.5. The van der Waals surface area contributed by atoms with E-state index in [9.17, 15) is 27.6 Å². The number of likely N-dealkylation sites (N-methyl/N-ethyl adjacent to an activating group) is 1. The third kappa shape index (κ3) is 6.23. The minimum Gasteiger partial charge on any atom is -0.376 e. The molecule has 2 aliphatic rings. The van der Waals surface area contributed by atoms with E-state index in [1.165, 1.54) is 18.2 Å². The number of amides is 2. The fourth-order valence-electron chi connectivity index (χ4n) is 5.81. The molecular formula is C30H36F3N3O4. The number of ether oxygens (including phenoxy) is 1. The van der Waals surface area contributed by atoms with E-state index in [-0.39, 0.29) is 49.6 Å². The van der Waals surface area contributed by atoms with Crippen molar-refractivity contribution in [3.8, 4) is 0 Å². The Morgan fingerprint density at radius 2 is 1.82 bits per heavy atom. The average Bonchev–Trinajstić information content (AvgIpc) is 3.14. The first-order chi connectivity index (χ1) is 18.8. The summed E-state index contributed by atoms with van der Waals surface area (Å²) in [5.74, 6) is -4.40. The van der Waals surface area contributed by atoms with Crippen LogP contribution in [0, 0.1) is 28.8 Å². The van der Waals surface area contributed by atoms with Crippen molar-refractivity contribution in [2.75, 3.05) is 33.3 Å². The maximum Gasteiger partial charge on any atom is 0.231 e. The zero-order valence-electron chi connectivity index (χ0n) is 23.1. The number of Topliss-reactive ketones (excluding diaryl/α,β-unsaturated/α-hetero) is 1. The van der Waals surface area contributed by atoms with Gasteiger partial charge >= 0.3 is 0 Å². The molecule has 0 aliphatic carbocycles. The Balaban J connectivity index is 1.56. The number of carbonyl (C=O) groups excluding carboxylic acids is 3. The lowest BCUT2D eigenvalue weighted by Crippen LogP contribution is -2.53. The summed E-state index contributed by atoms with van der Waals surface area (Å²) in [4.78, 5) is 43.4. The normalized spacial score (nSPS) is 22.2. The molecule has 2 aromatic carbocycles. The molecule has 7 nitrogen and oxygen atoms in total. The highest BCUT2D eigenvalue weighted by molar-refractivity contribution is 5.92. The number of nitrogens with zero attached hydrogens (tertiary/aromatic N) is 2. The van der Waals surface area contributed by atoms with E-state index in [0.29, 0.717) is 37.1 Å². The molecule has 2 fully saturated rings. The highest BCUT2D eigenvalue weighted by atomic mass is 19.2. The number of likely N-dealkylation sites (tertiary alicyclic amines) is 2. The van der Waals surface area contributed by atoms with Crippen LogP contribution >= 0.6 is 0 Å². The number of rotatable bonds is 9. The van der Waals surface area contributed by atoms with Crippen molar-refractivity contribution >= 4 is 17.6 Å². The summed E-state index contributed by atoms with van der Waals surface area (Å²) < 4.78 is 46.9. The molecule has 0 radical (unpaired) electrons. The highest BCUT2D eigenvalue weighted by Gasteiger charge is 2.56. The molecule has 2 amide bonds. The molecule has 216 valence electrons. The third-order valence-corrected chi connectivity index (χ3v) is 8.08. The Kier molecular flexibility index (Phi) is 8.70. The van der Waals surface area contributed by atoms with E-state index in [0.717, 1.165) is 12.1 Å². The standard InChI is InChI=1S/C30H36F3N3O4/c1-29(2,34)26(37)14-21(17-40-16-19-5-8-22(31)9-6-19)27(38)36-12-4-11-30(18-36)23(15-35(3)28(30)39)20-7-10-24(32)25(33)13-20/h5-10,13,21,23H,4,11-12,14-18,34H2,1-3H3/t21-,23?,30?/m1/s1. The summed E-state index contributed by atoms with van der Waals surface area (Å²) in [5, 5.41) is 0. The lowest BCUT2D eigenvalue weighted by Gasteiger charge is -2.43. The molecule has 0 bridgehead atoms.